The van der Waals surface area contributed by atoms with Crippen LogP contribution in [0.4, 0.5) is 0 Å². The highest BCUT2D eigenvalue weighted by molar-refractivity contribution is 9.10. The summed E-state index contributed by atoms with van der Waals surface area (Å²) < 4.78 is 1.21. The molecule has 1 saturated carbocycles. The molecule has 3 heteroatoms. The van der Waals surface area contributed by atoms with E-state index in [0.29, 0.717) is 5.92 Å². The molecule has 0 bridgehead atoms. The summed E-state index contributed by atoms with van der Waals surface area (Å²) in [6, 6.07) is 13.9. The fourth-order valence-electron chi connectivity index (χ4n) is 2.53. The van der Waals surface area contributed by atoms with E-state index in [1.807, 2.05) is 11.3 Å². The maximum Gasteiger partial charge on any atom is 0.0285 e. The predicted octanol–water partition coefficient (Wildman–Crippen LogP) is 4.66. The molecule has 1 aromatic heterocycles. The summed E-state index contributed by atoms with van der Waals surface area (Å²) in [5.74, 6) is 0.684. The van der Waals surface area contributed by atoms with E-state index in [2.05, 4.69) is 63.0 Å². The second kappa shape index (κ2) is 6.88. The van der Waals surface area contributed by atoms with Crippen LogP contribution >= 0.6 is 27.3 Å². The molecule has 0 aliphatic heterocycles. The lowest BCUT2D eigenvalue weighted by atomic mass is 9.95. The molecule has 1 atom stereocenters. The van der Waals surface area contributed by atoms with Crippen LogP contribution in [0.2, 0.25) is 0 Å². The Morgan fingerprint density at radius 1 is 1.20 bits per heavy atom. The van der Waals surface area contributed by atoms with E-state index in [1.165, 1.54) is 34.2 Å². The Labute approximate surface area is 133 Å². The zero-order chi connectivity index (χ0) is 13.8. The highest BCUT2D eigenvalue weighted by Crippen LogP contribution is 2.25. The monoisotopic (exact) mass is 349 g/mol. The number of thiophene rings is 1. The van der Waals surface area contributed by atoms with Gasteiger partial charge in [0.05, 0.1) is 0 Å². The Morgan fingerprint density at radius 3 is 2.65 bits per heavy atom. The van der Waals surface area contributed by atoms with Gasteiger partial charge in [-0.2, -0.15) is 0 Å². The molecule has 106 valence electrons. The summed E-state index contributed by atoms with van der Waals surface area (Å²) in [5.41, 5.74) is 1.45. The van der Waals surface area contributed by atoms with Gasteiger partial charge in [-0.05, 0) is 65.7 Å². The van der Waals surface area contributed by atoms with Gasteiger partial charge in [-0.3, -0.25) is 0 Å². The second-order valence-electron chi connectivity index (χ2n) is 5.67. The first-order valence-electron chi connectivity index (χ1n) is 7.30. The molecule has 0 saturated heterocycles. The molecule has 0 amide bonds. The van der Waals surface area contributed by atoms with Crippen LogP contribution in [0.5, 0.6) is 0 Å². The van der Waals surface area contributed by atoms with Crippen molar-refractivity contribution in [2.24, 2.45) is 5.92 Å². The molecule has 1 aliphatic carbocycles. The Hall–Kier alpha value is -0.640. The zero-order valence-electron chi connectivity index (χ0n) is 11.5. The average Bonchev–Trinajstić information content (AvgIpc) is 3.20. The molecule has 1 fully saturated rings. The summed E-state index contributed by atoms with van der Waals surface area (Å²) in [4.78, 5) is 1.48. The Morgan fingerprint density at radius 2 is 2.00 bits per heavy atom. The van der Waals surface area contributed by atoms with Crippen molar-refractivity contribution in [1.29, 1.82) is 0 Å². The van der Waals surface area contributed by atoms with Crippen molar-refractivity contribution in [3.05, 3.63) is 56.7 Å². The minimum atomic E-state index is 0.684. The van der Waals surface area contributed by atoms with E-state index in [1.54, 1.807) is 0 Å². The summed E-state index contributed by atoms with van der Waals surface area (Å²) in [6.45, 7) is 1.13. The average molecular weight is 350 g/mol. The van der Waals surface area contributed by atoms with Crippen LogP contribution < -0.4 is 5.32 Å². The van der Waals surface area contributed by atoms with Crippen molar-refractivity contribution in [3.8, 4) is 0 Å². The molecular formula is C17H20BrNS. The quantitative estimate of drug-likeness (QED) is 0.766. The van der Waals surface area contributed by atoms with Gasteiger partial charge in [0.1, 0.15) is 0 Å². The van der Waals surface area contributed by atoms with Gasteiger partial charge in [-0.25, -0.2) is 0 Å². The topological polar surface area (TPSA) is 12.0 Å². The normalized spacial score (nSPS) is 16.2. The minimum absolute atomic E-state index is 0.684. The SMILES string of the molecule is Brc1csc(CC(CNC2CC2)Cc2ccccc2)c1. The number of halogens is 1. The first-order chi connectivity index (χ1) is 9.79. The highest BCUT2D eigenvalue weighted by atomic mass is 79.9. The second-order valence-corrected chi connectivity index (χ2v) is 7.59. The smallest absolute Gasteiger partial charge is 0.0285 e. The molecular weight excluding hydrogens is 330 g/mol. The van der Waals surface area contributed by atoms with E-state index < -0.39 is 0 Å². The minimum Gasteiger partial charge on any atom is -0.314 e. The van der Waals surface area contributed by atoms with Crippen LogP contribution in [-0.2, 0) is 12.8 Å². The third-order valence-electron chi connectivity index (χ3n) is 3.75. The highest BCUT2D eigenvalue weighted by Gasteiger charge is 2.22. The van der Waals surface area contributed by atoms with Crippen molar-refractivity contribution in [2.75, 3.05) is 6.54 Å². The fourth-order valence-corrected chi connectivity index (χ4v) is 4.10. The van der Waals surface area contributed by atoms with Crippen LogP contribution in [-0.4, -0.2) is 12.6 Å². The van der Waals surface area contributed by atoms with Crippen molar-refractivity contribution < 1.29 is 0 Å². The lowest BCUT2D eigenvalue weighted by molar-refractivity contribution is 0.471. The maximum absolute atomic E-state index is 3.70. The Bertz CT molecular complexity index is 533. The summed E-state index contributed by atoms with van der Waals surface area (Å²) in [7, 11) is 0. The van der Waals surface area contributed by atoms with Crippen LogP contribution in [0.3, 0.4) is 0 Å². The molecule has 0 radical (unpaired) electrons. The van der Waals surface area contributed by atoms with Crippen molar-refractivity contribution in [1.82, 2.24) is 5.32 Å². The third-order valence-corrected chi connectivity index (χ3v) is 5.47. The van der Waals surface area contributed by atoms with Crippen molar-refractivity contribution in [2.45, 2.75) is 31.7 Å². The number of rotatable bonds is 7. The van der Waals surface area contributed by atoms with E-state index >= 15 is 0 Å². The number of nitrogens with one attached hydrogen (secondary N) is 1. The first kappa shape index (κ1) is 14.3. The molecule has 1 nitrogen and oxygen atoms in total. The lowest BCUT2D eigenvalue weighted by Gasteiger charge is -2.17. The molecule has 1 aromatic carbocycles. The van der Waals surface area contributed by atoms with E-state index in [-0.39, 0.29) is 0 Å². The van der Waals surface area contributed by atoms with E-state index in [4.69, 9.17) is 0 Å². The van der Waals surface area contributed by atoms with Gasteiger partial charge >= 0.3 is 0 Å². The first-order valence-corrected chi connectivity index (χ1v) is 8.97. The van der Waals surface area contributed by atoms with Gasteiger partial charge in [0.2, 0.25) is 0 Å². The van der Waals surface area contributed by atoms with Crippen LogP contribution in [0.1, 0.15) is 23.3 Å². The van der Waals surface area contributed by atoms with Gasteiger partial charge in [0.25, 0.3) is 0 Å². The van der Waals surface area contributed by atoms with Gasteiger partial charge < -0.3 is 5.32 Å². The van der Waals surface area contributed by atoms with Gasteiger partial charge in [-0.15, -0.1) is 11.3 Å². The molecule has 20 heavy (non-hydrogen) atoms. The zero-order valence-corrected chi connectivity index (χ0v) is 13.9. The molecule has 1 aliphatic rings. The van der Waals surface area contributed by atoms with Crippen LogP contribution in [0, 0.1) is 5.92 Å². The van der Waals surface area contributed by atoms with Crippen LogP contribution in [0.25, 0.3) is 0 Å². The van der Waals surface area contributed by atoms with E-state index in [0.717, 1.165) is 19.0 Å². The summed E-state index contributed by atoms with van der Waals surface area (Å²) in [5, 5.41) is 5.88. The van der Waals surface area contributed by atoms with Crippen molar-refractivity contribution >= 4 is 27.3 Å². The van der Waals surface area contributed by atoms with E-state index in [9.17, 15) is 0 Å². The molecule has 1 unspecified atom stereocenters. The number of hydrogen-bond donors (Lipinski definition) is 1. The maximum atomic E-state index is 3.70. The largest absolute Gasteiger partial charge is 0.314 e. The third kappa shape index (κ3) is 4.44. The Kier molecular flexibility index (Phi) is 4.92. The molecule has 2 aromatic rings. The standard InChI is InChI=1S/C17H20BrNS/c18-15-10-17(20-12-15)9-14(11-19-16-6-7-16)8-13-4-2-1-3-5-13/h1-5,10,12,14,16,19H,6-9,11H2. The number of benzene rings is 1. The summed E-state index contributed by atoms with van der Waals surface area (Å²) in [6.07, 6.45) is 5.06. The number of hydrogen-bond acceptors (Lipinski definition) is 2. The molecule has 3 rings (SSSR count). The van der Waals surface area contributed by atoms with Crippen molar-refractivity contribution in [3.63, 3.8) is 0 Å². The lowest BCUT2D eigenvalue weighted by Crippen LogP contribution is -2.27. The summed E-state index contributed by atoms with van der Waals surface area (Å²) >= 11 is 5.42. The van der Waals surface area contributed by atoms with Gasteiger partial charge in [0.15, 0.2) is 0 Å². The molecule has 1 N–H and O–H groups in total. The fraction of sp³-hybridized carbons (Fsp3) is 0.412. The van der Waals surface area contributed by atoms with Gasteiger partial charge in [-0.1, -0.05) is 30.3 Å². The molecule has 1 heterocycles. The van der Waals surface area contributed by atoms with Gasteiger partial charge in [0, 0.05) is 20.8 Å². The molecule has 0 spiro atoms. The predicted molar refractivity (Wildman–Crippen MR) is 90.4 cm³/mol. The Balaban J connectivity index is 1.62. The van der Waals surface area contributed by atoms with Crippen LogP contribution in [0.15, 0.2) is 46.3 Å².